The highest BCUT2D eigenvalue weighted by atomic mass is 32.2. The molecular formula is C29H29N3O8S-2. The van der Waals surface area contributed by atoms with Gasteiger partial charge in [0.05, 0.1) is 11.5 Å². The zero-order chi connectivity index (χ0) is 29.8. The van der Waals surface area contributed by atoms with Gasteiger partial charge in [-0.15, -0.1) is 5.75 Å². The van der Waals surface area contributed by atoms with Crippen molar-refractivity contribution in [1.82, 2.24) is 9.97 Å². The molecular weight excluding hydrogens is 550 g/mol. The molecule has 0 spiro atoms. The molecule has 0 aliphatic carbocycles. The van der Waals surface area contributed by atoms with E-state index in [9.17, 15) is 28.8 Å². The molecule has 0 bridgehead atoms. The molecule has 0 saturated carbocycles. The molecule has 3 N–H and O–H groups in total. The van der Waals surface area contributed by atoms with E-state index in [4.69, 9.17) is 9.47 Å². The summed E-state index contributed by atoms with van der Waals surface area (Å²) in [6, 6.07) is 17.5. The van der Waals surface area contributed by atoms with Crippen molar-refractivity contribution in [3.05, 3.63) is 78.4 Å². The van der Waals surface area contributed by atoms with Crippen molar-refractivity contribution in [3.63, 3.8) is 0 Å². The van der Waals surface area contributed by atoms with Crippen LogP contribution < -0.4 is 24.4 Å². The highest BCUT2D eigenvalue weighted by Gasteiger charge is 2.26. The lowest BCUT2D eigenvalue weighted by molar-refractivity contribution is -0.270. The van der Waals surface area contributed by atoms with Gasteiger partial charge in [0, 0.05) is 5.56 Å². The van der Waals surface area contributed by atoms with Crippen LogP contribution in [0.25, 0.3) is 11.4 Å². The molecule has 0 aliphatic heterocycles. The largest absolute Gasteiger partial charge is 0.872 e. The van der Waals surface area contributed by atoms with E-state index in [1.54, 1.807) is 18.2 Å². The van der Waals surface area contributed by atoms with Gasteiger partial charge in [-0.2, -0.15) is 4.98 Å². The monoisotopic (exact) mass is 579 g/mol. The van der Waals surface area contributed by atoms with Crippen LogP contribution in [0, 0.1) is 0 Å². The molecule has 1 aromatic heterocycles. The molecule has 11 nitrogen and oxygen atoms in total. The van der Waals surface area contributed by atoms with Crippen molar-refractivity contribution in [2.75, 3.05) is 17.9 Å². The Bertz CT molecular complexity index is 1600. The maximum absolute atomic E-state index is 13.5. The number of benzene rings is 3. The molecule has 4 aromatic rings. The van der Waals surface area contributed by atoms with Crippen LogP contribution in [0.2, 0.25) is 0 Å². The standard InChI is InChI=1S/C29H31N3O8S/c1-29(2,3)19-10-14-22(15-11-19)41(37,38)32-27-25(40-24-7-5-4-6-23(24)36)28(39-17-21(35)16-33)31-26(30-27)18-8-12-20(34)13-9-18/h4-15,21,33-36H,16-17H2,1-3H3,(H,30,31,32)/p-2. The van der Waals surface area contributed by atoms with E-state index in [0.29, 0.717) is 5.56 Å². The van der Waals surface area contributed by atoms with Gasteiger partial charge in [-0.05, 0) is 29.2 Å². The van der Waals surface area contributed by atoms with Gasteiger partial charge in [-0.3, -0.25) is 4.72 Å². The van der Waals surface area contributed by atoms with Crippen molar-refractivity contribution in [3.8, 4) is 40.3 Å². The Labute approximate surface area is 237 Å². The van der Waals surface area contributed by atoms with Crippen LogP contribution in [0.15, 0.2) is 77.7 Å². The number of nitrogens with zero attached hydrogens (tertiary/aromatic N) is 2. The van der Waals surface area contributed by atoms with Gasteiger partial charge in [-0.1, -0.05) is 81.1 Å². The molecule has 1 atom stereocenters. The van der Waals surface area contributed by atoms with Crippen LogP contribution in [0.1, 0.15) is 26.3 Å². The number of hydrogen-bond acceptors (Lipinski definition) is 10. The Kier molecular flexibility index (Phi) is 8.66. The number of aliphatic hydroxyl groups is 2. The molecule has 12 heteroatoms. The average molecular weight is 580 g/mol. The van der Waals surface area contributed by atoms with E-state index in [-0.39, 0.29) is 45.1 Å². The molecule has 0 radical (unpaired) electrons. The Morgan fingerprint density at radius 2 is 1.61 bits per heavy atom. The molecule has 1 heterocycles. The number of anilines is 1. The van der Waals surface area contributed by atoms with E-state index < -0.39 is 35.1 Å². The van der Waals surface area contributed by atoms with Crippen molar-refractivity contribution < 1.29 is 38.3 Å². The third-order valence-electron chi connectivity index (χ3n) is 5.89. The predicted molar refractivity (Wildman–Crippen MR) is 147 cm³/mol. The third-order valence-corrected chi connectivity index (χ3v) is 7.25. The summed E-state index contributed by atoms with van der Waals surface area (Å²) in [5, 5.41) is 43.3. The summed E-state index contributed by atoms with van der Waals surface area (Å²) >= 11 is 0. The molecule has 3 aromatic carbocycles. The summed E-state index contributed by atoms with van der Waals surface area (Å²) in [5.41, 5.74) is 1.08. The first-order chi connectivity index (χ1) is 19.4. The lowest BCUT2D eigenvalue weighted by Gasteiger charge is -2.21. The van der Waals surface area contributed by atoms with Crippen LogP contribution in [-0.4, -0.2) is 47.9 Å². The average Bonchev–Trinajstić information content (AvgIpc) is 2.93. The minimum Gasteiger partial charge on any atom is -0.872 e. The van der Waals surface area contributed by atoms with Gasteiger partial charge in [-0.25, -0.2) is 13.4 Å². The fourth-order valence-corrected chi connectivity index (χ4v) is 4.62. The number of rotatable bonds is 10. The highest BCUT2D eigenvalue weighted by Crippen LogP contribution is 2.41. The van der Waals surface area contributed by atoms with E-state index in [0.717, 1.165) is 5.56 Å². The van der Waals surface area contributed by atoms with Crippen LogP contribution in [-0.2, 0) is 15.4 Å². The second kappa shape index (κ2) is 12.0. The normalized spacial score (nSPS) is 12.5. The van der Waals surface area contributed by atoms with Crippen LogP contribution in [0.4, 0.5) is 5.82 Å². The molecule has 0 amide bonds. The van der Waals surface area contributed by atoms with Gasteiger partial charge < -0.3 is 29.9 Å². The minimum atomic E-state index is -4.25. The van der Waals surface area contributed by atoms with Crippen molar-refractivity contribution in [2.45, 2.75) is 37.2 Å². The molecule has 216 valence electrons. The molecule has 0 aliphatic rings. The van der Waals surface area contributed by atoms with Crippen molar-refractivity contribution in [2.24, 2.45) is 0 Å². The number of para-hydroxylation sites is 2. The Balaban J connectivity index is 1.86. The number of sulfonamides is 1. The van der Waals surface area contributed by atoms with E-state index in [1.807, 2.05) is 20.8 Å². The summed E-state index contributed by atoms with van der Waals surface area (Å²) in [7, 11) is -4.25. The molecule has 1 unspecified atom stereocenters. The fourth-order valence-electron chi connectivity index (χ4n) is 3.61. The SMILES string of the molecule is CC(C)(C)c1ccc(S(=O)(=O)Nc2nc(-c3ccc([O-])cc3)nc(OCC(O)CO)c2Oc2ccccc2[O-])cc1. The van der Waals surface area contributed by atoms with Gasteiger partial charge in [0.25, 0.3) is 15.9 Å². The van der Waals surface area contributed by atoms with E-state index in [1.165, 1.54) is 54.6 Å². The number of aromatic nitrogens is 2. The summed E-state index contributed by atoms with van der Waals surface area (Å²) < 4.78 is 40.8. The lowest BCUT2D eigenvalue weighted by Crippen LogP contribution is -2.22. The molecule has 0 saturated heterocycles. The number of nitrogens with one attached hydrogen (secondary N) is 1. The second-order valence-electron chi connectivity index (χ2n) is 10.1. The predicted octanol–water partition coefficient (Wildman–Crippen LogP) is 2.91. The number of hydrogen-bond donors (Lipinski definition) is 3. The zero-order valence-corrected chi connectivity index (χ0v) is 23.4. The summed E-state index contributed by atoms with van der Waals surface area (Å²) in [6.07, 6.45) is -1.30. The Hall–Kier alpha value is -4.39. The van der Waals surface area contributed by atoms with Crippen LogP contribution in [0.5, 0.6) is 28.9 Å². The van der Waals surface area contributed by atoms with E-state index in [2.05, 4.69) is 14.7 Å². The Morgan fingerprint density at radius 3 is 2.22 bits per heavy atom. The first kappa shape index (κ1) is 29.6. The fraction of sp³-hybridized carbons (Fsp3) is 0.241. The summed E-state index contributed by atoms with van der Waals surface area (Å²) in [4.78, 5) is 8.61. The summed E-state index contributed by atoms with van der Waals surface area (Å²) in [6.45, 7) is 4.95. The van der Waals surface area contributed by atoms with Crippen LogP contribution in [0.3, 0.4) is 0 Å². The quantitative estimate of drug-likeness (QED) is 0.253. The van der Waals surface area contributed by atoms with Crippen molar-refractivity contribution in [1.29, 1.82) is 0 Å². The smallest absolute Gasteiger partial charge is 0.263 e. The molecule has 41 heavy (non-hydrogen) atoms. The van der Waals surface area contributed by atoms with Crippen LogP contribution >= 0.6 is 0 Å². The van der Waals surface area contributed by atoms with Gasteiger partial charge in [0.1, 0.15) is 18.5 Å². The first-order valence-corrected chi connectivity index (χ1v) is 14.0. The zero-order valence-electron chi connectivity index (χ0n) is 22.6. The third kappa shape index (κ3) is 7.23. The summed E-state index contributed by atoms with van der Waals surface area (Å²) in [5.74, 6) is -2.00. The van der Waals surface area contributed by atoms with Gasteiger partial charge in [0.2, 0.25) is 5.75 Å². The topological polar surface area (TPSA) is 177 Å². The maximum Gasteiger partial charge on any atom is 0.263 e. The second-order valence-corrected chi connectivity index (χ2v) is 11.8. The molecule has 4 rings (SSSR count). The van der Waals surface area contributed by atoms with Crippen molar-refractivity contribution >= 4 is 15.8 Å². The highest BCUT2D eigenvalue weighted by molar-refractivity contribution is 7.92. The number of ether oxygens (including phenoxy) is 2. The minimum absolute atomic E-state index is 0.0398. The van der Waals surface area contributed by atoms with E-state index >= 15 is 0 Å². The molecule has 0 fully saturated rings. The Morgan fingerprint density at radius 1 is 0.951 bits per heavy atom. The maximum atomic E-state index is 13.5. The van der Waals surface area contributed by atoms with Gasteiger partial charge >= 0.3 is 0 Å². The number of aliphatic hydroxyl groups excluding tert-OH is 2. The van der Waals surface area contributed by atoms with Gasteiger partial charge in [0.15, 0.2) is 11.6 Å². The first-order valence-electron chi connectivity index (χ1n) is 12.6. The lowest BCUT2D eigenvalue weighted by atomic mass is 9.87.